The van der Waals surface area contributed by atoms with Crippen molar-refractivity contribution in [2.75, 3.05) is 27.2 Å². The molecule has 1 unspecified atom stereocenters. The number of aryl methyl sites for hydroxylation is 1. The molecule has 1 heterocycles. The number of aromatic nitrogens is 1. The summed E-state index contributed by atoms with van der Waals surface area (Å²) in [5.41, 5.74) is 8.62. The highest BCUT2D eigenvalue weighted by Crippen LogP contribution is 2.14. The third kappa shape index (κ3) is 4.17. The van der Waals surface area contributed by atoms with Crippen molar-refractivity contribution < 1.29 is 4.74 Å². The molecular weight excluding hydrogens is 222 g/mol. The summed E-state index contributed by atoms with van der Waals surface area (Å²) in [4.78, 5) is 7.86. The molecule has 1 aromatic heterocycles. The van der Waals surface area contributed by atoms with Crippen molar-refractivity contribution in [3.8, 4) is 0 Å². The maximum Gasteiger partial charge on any atom is 0.0798 e. The predicted octanol–water partition coefficient (Wildman–Crippen LogP) is 1.25. The lowest BCUT2D eigenvalue weighted by molar-refractivity contribution is 0.0920. The molecule has 0 radical (unpaired) electrons. The Morgan fingerprint density at radius 2 is 2.38 bits per heavy atom. The Morgan fingerprint density at radius 1 is 1.62 bits per heavy atom. The summed E-state index contributed by atoms with van der Waals surface area (Å²) in [6.45, 7) is 4.59. The Kier molecular flexibility index (Phi) is 5.90. The minimum Gasteiger partial charge on any atom is -0.380 e. The Hall–Kier alpha value is -0.490. The van der Waals surface area contributed by atoms with Crippen molar-refractivity contribution in [1.29, 1.82) is 0 Å². The van der Waals surface area contributed by atoms with E-state index >= 15 is 0 Å². The summed E-state index contributed by atoms with van der Waals surface area (Å²) in [5, 5.41) is 0. The van der Waals surface area contributed by atoms with E-state index in [9.17, 15) is 0 Å². The van der Waals surface area contributed by atoms with Crippen molar-refractivity contribution in [2.45, 2.75) is 26.0 Å². The summed E-state index contributed by atoms with van der Waals surface area (Å²) in [5.74, 6) is 0. The average molecular weight is 243 g/mol. The molecule has 0 saturated carbocycles. The molecule has 0 spiro atoms. The van der Waals surface area contributed by atoms with Gasteiger partial charge in [-0.3, -0.25) is 0 Å². The molecule has 1 aromatic rings. The van der Waals surface area contributed by atoms with Gasteiger partial charge in [0.15, 0.2) is 0 Å². The number of thiazole rings is 1. The van der Waals surface area contributed by atoms with Crippen LogP contribution in [-0.2, 0) is 11.3 Å². The van der Waals surface area contributed by atoms with Crippen LogP contribution >= 0.6 is 11.3 Å². The Labute approximate surface area is 101 Å². The molecule has 0 aromatic carbocycles. The first-order valence-corrected chi connectivity index (χ1v) is 6.35. The van der Waals surface area contributed by atoms with Crippen LogP contribution in [0.2, 0.25) is 0 Å². The third-order valence-corrected chi connectivity index (χ3v) is 3.61. The monoisotopic (exact) mass is 243 g/mol. The smallest absolute Gasteiger partial charge is 0.0798 e. The van der Waals surface area contributed by atoms with Gasteiger partial charge in [0.1, 0.15) is 0 Å². The molecule has 1 atom stereocenters. The van der Waals surface area contributed by atoms with Crippen LogP contribution in [0.3, 0.4) is 0 Å². The number of nitrogens with two attached hydrogens (primary N) is 1. The number of ether oxygens (including phenoxy) is 1. The molecule has 0 aliphatic rings. The standard InChI is InChI=1S/C11H21N3OS/c1-9-11(16-8-13-9)7-14(2)5-4-10(6-12)15-3/h8,10H,4-7,12H2,1-3H3. The fourth-order valence-corrected chi connectivity index (χ4v) is 2.35. The molecule has 92 valence electrons. The van der Waals surface area contributed by atoms with Crippen LogP contribution in [0.4, 0.5) is 0 Å². The second-order valence-electron chi connectivity index (χ2n) is 3.98. The molecule has 1 rings (SSSR count). The van der Waals surface area contributed by atoms with E-state index in [2.05, 4.69) is 23.9 Å². The zero-order valence-corrected chi connectivity index (χ0v) is 11.1. The average Bonchev–Trinajstić information content (AvgIpc) is 2.66. The first-order valence-electron chi connectivity index (χ1n) is 5.47. The van der Waals surface area contributed by atoms with Crippen molar-refractivity contribution >= 4 is 11.3 Å². The number of hydrogen-bond donors (Lipinski definition) is 1. The normalized spacial score (nSPS) is 13.3. The molecule has 0 saturated heterocycles. The lowest BCUT2D eigenvalue weighted by Crippen LogP contribution is -2.28. The summed E-state index contributed by atoms with van der Waals surface area (Å²) in [6, 6.07) is 0. The highest BCUT2D eigenvalue weighted by atomic mass is 32.1. The molecule has 4 nitrogen and oxygen atoms in total. The van der Waals surface area contributed by atoms with Gasteiger partial charge in [0.25, 0.3) is 0 Å². The van der Waals surface area contributed by atoms with Gasteiger partial charge >= 0.3 is 0 Å². The number of hydrogen-bond acceptors (Lipinski definition) is 5. The fraction of sp³-hybridized carbons (Fsp3) is 0.727. The zero-order chi connectivity index (χ0) is 12.0. The zero-order valence-electron chi connectivity index (χ0n) is 10.3. The summed E-state index contributed by atoms with van der Waals surface area (Å²) in [7, 11) is 3.83. The second kappa shape index (κ2) is 6.96. The predicted molar refractivity (Wildman–Crippen MR) is 67.7 cm³/mol. The first-order chi connectivity index (χ1) is 7.67. The summed E-state index contributed by atoms with van der Waals surface area (Å²) < 4.78 is 5.25. The molecule has 0 aliphatic heterocycles. The van der Waals surface area contributed by atoms with Gasteiger partial charge in [-0.1, -0.05) is 0 Å². The van der Waals surface area contributed by atoms with E-state index in [4.69, 9.17) is 10.5 Å². The van der Waals surface area contributed by atoms with Gasteiger partial charge in [0.2, 0.25) is 0 Å². The topological polar surface area (TPSA) is 51.4 Å². The van der Waals surface area contributed by atoms with Crippen molar-refractivity contribution in [3.05, 3.63) is 16.1 Å². The minimum atomic E-state index is 0.171. The molecule has 2 N–H and O–H groups in total. The van der Waals surface area contributed by atoms with Crippen LogP contribution in [0.15, 0.2) is 5.51 Å². The fourth-order valence-electron chi connectivity index (χ4n) is 1.50. The van der Waals surface area contributed by atoms with Crippen LogP contribution in [0, 0.1) is 6.92 Å². The maximum absolute atomic E-state index is 5.58. The van der Waals surface area contributed by atoms with Gasteiger partial charge in [-0.15, -0.1) is 11.3 Å². The van der Waals surface area contributed by atoms with E-state index in [1.807, 2.05) is 5.51 Å². The van der Waals surface area contributed by atoms with E-state index in [0.29, 0.717) is 6.54 Å². The van der Waals surface area contributed by atoms with Gasteiger partial charge in [-0.2, -0.15) is 0 Å². The Bertz CT molecular complexity index is 299. The lowest BCUT2D eigenvalue weighted by atomic mass is 10.2. The third-order valence-electron chi connectivity index (χ3n) is 2.69. The lowest BCUT2D eigenvalue weighted by Gasteiger charge is -2.19. The van der Waals surface area contributed by atoms with Gasteiger partial charge in [-0.05, 0) is 20.4 Å². The molecule has 5 heteroatoms. The van der Waals surface area contributed by atoms with E-state index in [1.165, 1.54) is 4.88 Å². The quantitative estimate of drug-likeness (QED) is 0.783. The first kappa shape index (κ1) is 13.6. The van der Waals surface area contributed by atoms with E-state index < -0.39 is 0 Å². The molecule has 0 fully saturated rings. The SMILES string of the molecule is COC(CN)CCN(C)Cc1scnc1C. The van der Waals surface area contributed by atoms with Gasteiger partial charge in [-0.25, -0.2) is 4.98 Å². The minimum absolute atomic E-state index is 0.171. The molecule has 16 heavy (non-hydrogen) atoms. The molecule has 0 bridgehead atoms. The molecule has 0 amide bonds. The van der Waals surface area contributed by atoms with Crippen LogP contribution in [0.25, 0.3) is 0 Å². The van der Waals surface area contributed by atoms with E-state index in [-0.39, 0.29) is 6.10 Å². The Morgan fingerprint density at radius 3 is 2.88 bits per heavy atom. The molecular formula is C11H21N3OS. The van der Waals surface area contributed by atoms with Gasteiger partial charge in [0.05, 0.1) is 17.3 Å². The van der Waals surface area contributed by atoms with Crippen LogP contribution in [-0.4, -0.2) is 43.2 Å². The van der Waals surface area contributed by atoms with E-state index in [0.717, 1.165) is 25.2 Å². The van der Waals surface area contributed by atoms with Gasteiger partial charge < -0.3 is 15.4 Å². The summed E-state index contributed by atoms with van der Waals surface area (Å²) in [6.07, 6.45) is 1.14. The number of nitrogens with zero attached hydrogens (tertiary/aromatic N) is 2. The van der Waals surface area contributed by atoms with Gasteiger partial charge in [0, 0.05) is 31.6 Å². The second-order valence-corrected chi connectivity index (χ2v) is 4.92. The van der Waals surface area contributed by atoms with Crippen LogP contribution < -0.4 is 5.73 Å². The van der Waals surface area contributed by atoms with Crippen LogP contribution in [0.1, 0.15) is 17.0 Å². The highest BCUT2D eigenvalue weighted by molar-refractivity contribution is 7.09. The maximum atomic E-state index is 5.58. The highest BCUT2D eigenvalue weighted by Gasteiger charge is 2.09. The van der Waals surface area contributed by atoms with Crippen molar-refractivity contribution in [2.24, 2.45) is 5.73 Å². The van der Waals surface area contributed by atoms with Crippen molar-refractivity contribution in [3.63, 3.8) is 0 Å². The summed E-state index contributed by atoms with van der Waals surface area (Å²) >= 11 is 1.71. The van der Waals surface area contributed by atoms with Crippen molar-refractivity contribution in [1.82, 2.24) is 9.88 Å². The number of rotatable bonds is 7. The molecule has 0 aliphatic carbocycles. The van der Waals surface area contributed by atoms with Crippen LogP contribution in [0.5, 0.6) is 0 Å². The Balaban J connectivity index is 2.31. The largest absolute Gasteiger partial charge is 0.380 e. The van der Waals surface area contributed by atoms with E-state index in [1.54, 1.807) is 18.4 Å². The number of methoxy groups -OCH3 is 1.